The van der Waals surface area contributed by atoms with E-state index < -0.39 is 23.9 Å². The number of carbonyl (C=O) groups excluding carboxylic acids is 4. The number of amides is 3. The van der Waals surface area contributed by atoms with Gasteiger partial charge in [0.1, 0.15) is 0 Å². The van der Waals surface area contributed by atoms with Crippen LogP contribution in [0.2, 0.25) is 0 Å². The molecule has 3 rings (SSSR count). The van der Waals surface area contributed by atoms with Gasteiger partial charge < -0.3 is 10.1 Å². The maximum Gasteiger partial charge on any atom is 0.338 e. The van der Waals surface area contributed by atoms with Gasteiger partial charge in [0.2, 0.25) is 0 Å². The van der Waals surface area contributed by atoms with Crippen molar-refractivity contribution >= 4 is 29.4 Å². The molecule has 1 aliphatic heterocycles. The first-order valence-corrected chi connectivity index (χ1v) is 9.84. The number of nitrogens with one attached hydrogen (secondary N) is 1. The summed E-state index contributed by atoms with van der Waals surface area (Å²) in [7, 11) is 0. The number of aryl methyl sites for hydroxylation is 1. The highest BCUT2D eigenvalue weighted by molar-refractivity contribution is 6.22. The predicted molar refractivity (Wildman–Crippen MR) is 111 cm³/mol. The Morgan fingerprint density at radius 3 is 2.37 bits per heavy atom. The number of para-hydroxylation sites is 1. The van der Waals surface area contributed by atoms with Gasteiger partial charge in [-0.2, -0.15) is 0 Å². The van der Waals surface area contributed by atoms with E-state index in [-0.39, 0.29) is 28.6 Å². The first-order chi connectivity index (χ1) is 14.2. The number of esters is 1. The van der Waals surface area contributed by atoms with Crippen molar-refractivity contribution in [3.8, 4) is 0 Å². The monoisotopic (exact) mass is 408 g/mol. The first-order valence-electron chi connectivity index (χ1n) is 9.84. The maximum atomic E-state index is 12.6. The molecule has 156 valence electrons. The molecule has 0 saturated heterocycles. The summed E-state index contributed by atoms with van der Waals surface area (Å²) in [6, 6.07) is 11.3. The molecule has 3 amide bonds. The van der Waals surface area contributed by atoms with Gasteiger partial charge in [-0.15, -0.1) is 0 Å². The molecule has 2 atom stereocenters. The summed E-state index contributed by atoms with van der Waals surface area (Å²) in [5, 5.41) is 2.72. The smallest absolute Gasteiger partial charge is 0.338 e. The average Bonchev–Trinajstić information content (AvgIpc) is 2.98. The molecule has 2 aromatic rings. The van der Waals surface area contributed by atoms with Crippen molar-refractivity contribution in [1.29, 1.82) is 0 Å². The molecule has 30 heavy (non-hydrogen) atoms. The minimum Gasteiger partial charge on any atom is -0.449 e. The summed E-state index contributed by atoms with van der Waals surface area (Å²) in [5.74, 6) is -2.00. The Kier molecular flexibility index (Phi) is 6.01. The number of nitrogens with zero attached hydrogens (tertiary/aromatic N) is 1. The SMILES string of the molecule is CC[C@@H](C)N1C(=O)c2ccc(C(=O)O[C@H](C)C(=O)Nc3ccccc3C)cc2C1=O. The molecule has 0 aromatic heterocycles. The Labute approximate surface area is 175 Å². The molecular weight excluding hydrogens is 384 g/mol. The third kappa shape index (κ3) is 3.96. The summed E-state index contributed by atoms with van der Waals surface area (Å²) in [6.07, 6.45) is -0.409. The average molecular weight is 408 g/mol. The van der Waals surface area contributed by atoms with Crippen molar-refractivity contribution in [2.45, 2.75) is 46.3 Å². The molecule has 0 unspecified atom stereocenters. The van der Waals surface area contributed by atoms with E-state index in [0.29, 0.717) is 12.1 Å². The van der Waals surface area contributed by atoms with Crippen LogP contribution in [-0.4, -0.2) is 40.7 Å². The summed E-state index contributed by atoms with van der Waals surface area (Å²) in [6.45, 7) is 7.02. The van der Waals surface area contributed by atoms with E-state index in [0.717, 1.165) is 5.56 Å². The van der Waals surface area contributed by atoms with Gasteiger partial charge in [-0.25, -0.2) is 4.79 Å². The highest BCUT2D eigenvalue weighted by Crippen LogP contribution is 2.27. The van der Waals surface area contributed by atoms with Crippen LogP contribution in [0.25, 0.3) is 0 Å². The number of fused-ring (bicyclic) bond motifs is 1. The summed E-state index contributed by atoms with van der Waals surface area (Å²) in [4.78, 5) is 51.2. The molecule has 0 fully saturated rings. The maximum absolute atomic E-state index is 12.6. The van der Waals surface area contributed by atoms with E-state index in [1.54, 1.807) is 19.1 Å². The molecule has 0 saturated carbocycles. The van der Waals surface area contributed by atoms with Gasteiger partial charge in [-0.3, -0.25) is 19.3 Å². The normalized spacial score (nSPS) is 14.9. The zero-order valence-corrected chi connectivity index (χ0v) is 17.4. The number of imide groups is 1. The van der Waals surface area contributed by atoms with Crippen molar-refractivity contribution in [2.24, 2.45) is 0 Å². The summed E-state index contributed by atoms with van der Waals surface area (Å²) >= 11 is 0. The van der Waals surface area contributed by atoms with Crippen LogP contribution in [0.5, 0.6) is 0 Å². The van der Waals surface area contributed by atoms with Crippen molar-refractivity contribution in [2.75, 3.05) is 5.32 Å². The van der Waals surface area contributed by atoms with Gasteiger partial charge in [-0.05, 0) is 57.0 Å². The molecule has 7 heteroatoms. The Balaban J connectivity index is 1.72. The van der Waals surface area contributed by atoms with Gasteiger partial charge in [0.05, 0.1) is 16.7 Å². The highest BCUT2D eigenvalue weighted by Gasteiger charge is 2.38. The number of ether oxygens (including phenoxy) is 1. The van der Waals surface area contributed by atoms with Crippen LogP contribution in [0, 0.1) is 6.92 Å². The van der Waals surface area contributed by atoms with E-state index in [1.807, 2.05) is 26.0 Å². The van der Waals surface area contributed by atoms with Crippen molar-refractivity contribution in [1.82, 2.24) is 4.90 Å². The topological polar surface area (TPSA) is 92.8 Å². The van der Waals surface area contributed by atoms with E-state index in [1.165, 1.54) is 30.0 Å². The quantitative estimate of drug-likeness (QED) is 0.583. The van der Waals surface area contributed by atoms with Gasteiger partial charge in [0.25, 0.3) is 17.7 Å². The predicted octanol–water partition coefficient (Wildman–Crippen LogP) is 3.57. The fourth-order valence-electron chi connectivity index (χ4n) is 3.20. The molecule has 0 spiro atoms. The third-order valence-corrected chi connectivity index (χ3v) is 5.24. The molecule has 1 heterocycles. The molecule has 2 aromatic carbocycles. The zero-order valence-electron chi connectivity index (χ0n) is 17.4. The number of rotatable bonds is 6. The second-order valence-electron chi connectivity index (χ2n) is 7.35. The minimum absolute atomic E-state index is 0.108. The van der Waals surface area contributed by atoms with Crippen LogP contribution < -0.4 is 5.32 Å². The number of carbonyl (C=O) groups is 4. The minimum atomic E-state index is -1.04. The highest BCUT2D eigenvalue weighted by atomic mass is 16.5. The van der Waals surface area contributed by atoms with Crippen molar-refractivity contribution in [3.63, 3.8) is 0 Å². The molecule has 1 aliphatic rings. The van der Waals surface area contributed by atoms with Crippen LogP contribution >= 0.6 is 0 Å². The standard InChI is InChI=1S/C23H24N2O5/c1-5-14(3)25-21(27)17-11-10-16(12-18(17)22(25)28)23(29)30-15(4)20(26)24-19-9-7-6-8-13(19)2/h6-12,14-15H,5H2,1-4H3,(H,24,26)/t14-,15-/m1/s1. The zero-order chi connectivity index (χ0) is 22.0. The van der Waals surface area contributed by atoms with Crippen LogP contribution in [0.4, 0.5) is 5.69 Å². The number of hydrogen-bond acceptors (Lipinski definition) is 5. The van der Waals surface area contributed by atoms with E-state index >= 15 is 0 Å². The number of benzene rings is 2. The molecule has 0 bridgehead atoms. The Morgan fingerprint density at radius 1 is 1.03 bits per heavy atom. The van der Waals surface area contributed by atoms with E-state index in [9.17, 15) is 19.2 Å². The Bertz CT molecular complexity index is 1030. The van der Waals surface area contributed by atoms with E-state index in [2.05, 4.69) is 5.32 Å². The van der Waals surface area contributed by atoms with Gasteiger partial charge in [0, 0.05) is 11.7 Å². The summed E-state index contributed by atoms with van der Waals surface area (Å²) in [5.41, 5.74) is 2.07. The fraction of sp³-hybridized carbons (Fsp3) is 0.304. The van der Waals surface area contributed by atoms with E-state index in [4.69, 9.17) is 4.74 Å². The van der Waals surface area contributed by atoms with Gasteiger partial charge in [-0.1, -0.05) is 25.1 Å². The second kappa shape index (κ2) is 8.49. The van der Waals surface area contributed by atoms with Gasteiger partial charge in [0.15, 0.2) is 6.10 Å². The Hall–Kier alpha value is -3.48. The fourth-order valence-corrected chi connectivity index (χ4v) is 3.20. The van der Waals surface area contributed by atoms with Crippen LogP contribution in [-0.2, 0) is 9.53 Å². The van der Waals surface area contributed by atoms with Crippen LogP contribution in [0.1, 0.15) is 63.8 Å². The van der Waals surface area contributed by atoms with Crippen molar-refractivity contribution in [3.05, 3.63) is 64.7 Å². The lowest BCUT2D eigenvalue weighted by Gasteiger charge is -2.20. The number of anilines is 1. The molecular formula is C23H24N2O5. The molecule has 0 aliphatic carbocycles. The second-order valence-corrected chi connectivity index (χ2v) is 7.35. The first kappa shape index (κ1) is 21.2. The molecule has 7 nitrogen and oxygen atoms in total. The molecule has 0 radical (unpaired) electrons. The largest absolute Gasteiger partial charge is 0.449 e. The third-order valence-electron chi connectivity index (χ3n) is 5.24. The molecule has 1 N–H and O–H groups in total. The number of hydrogen-bond donors (Lipinski definition) is 1. The van der Waals surface area contributed by atoms with Crippen LogP contribution in [0.3, 0.4) is 0 Å². The lowest BCUT2D eigenvalue weighted by Crippen LogP contribution is -2.37. The van der Waals surface area contributed by atoms with Crippen molar-refractivity contribution < 1.29 is 23.9 Å². The van der Waals surface area contributed by atoms with Gasteiger partial charge >= 0.3 is 5.97 Å². The lowest BCUT2D eigenvalue weighted by atomic mass is 10.1. The lowest BCUT2D eigenvalue weighted by molar-refractivity contribution is -0.123. The van der Waals surface area contributed by atoms with Crippen LogP contribution in [0.15, 0.2) is 42.5 Å². The Morgan fingerprint density at radius 2 is 1.70 bits per heavy atom. The summed E-state index contributed by atoms with van der Waals surface area (Å²) < 4.78 is 5.27.